The fraction of sp³-hybridized carbons (Fsp3) is 0.333. The van der Waals surface area contributed by atoms with Crippen LogP contribution in [0, 0.1) is 5.82 Å². The molecule has 128 valence electrons. The zero-order valence-electron chi connectivity index (χ0n) is 12.4. The number of carboxylic acid groups (broad SMARTS) is 1. The summed E-state index contributed by atoms with van der Waals surface area (Å²) in [5.41, 5.74) is 0.567. The van der Waals surface area contributed by atoms with Crippen LogP contribution in [-0.2, 0) is 11.2 Å². The van der Waals surface area contributed by atoms with Gasteiger partial charge in [0.1, 0.15) is 10.7 Å². The first kappa shape index (κ1) is 17.4. The minimum atomic E-state index is -1.08. The average Bonchev–Trinajstić information content (AvgIpc) is 2.98. The van der Waals surface area contributed by atoms with Gasteiger partial charge in [0.2, 0.25) is 0 Å². The summed E-state index contributed by atoms with van der Waals surface area (Å²) in [5.74, 6) is -1.62. The van der Waals surface area contributed by atoms with Crippen LogP contribution in [0.15, 0.2) is 12.1 Å². The zero-order chi connectivity index (χ0) is 17.3. The number of anilines is 1. The van der Waals surface area contributed by atoms with E-state index in [1.165, 1.54) is 6.07 Å². The second-order valence-corrected chi connectivity index (χ2v) is 7.00. The van der Waals surface area contributed by atoms with Gasteiger partial charge in [0.05, 0.1) is 29.0 Å². The number of benzene rings is 1. The van der Waals surface area contributed by atoms with Crippen LogP contribution in [0.3, 0.4) is 0 Å². The van der Waals surface area contributed by atoms with Crippen molar-refractivity contribution in [3.63, 3.8) is 0 Å². The molecule has 2 heterocycles. The van der Waals surface area contributed by atoms with Crippen LogP contribution in [0.25, 0.3) is 0 Å². The Morgan fingerprint density at radius 2 is 2.00 bits per heavy atom. The van der Waals surface area contributed by atoms with Crippen molar-refractivity contribution in [1.29, 1.82) is 0 Å². The zero-order valence-corrected chi connectivity index (χ0v) is 14.7. The third kappa shape index (κ3) is 3.64. The fourth-order valence-electron chi connectivity index (χ4n) is 2.40. The van der Waals surface area contributed by atoms with Gasteiger partial charge in [-0.05, 0) is 17.7 Å². The highest BCUT2D eigenvalue weighted by Gasteiger charge is 2.23. The van der Waals surface area contributed by atoms with E-state index in [9.17, 15) is 14.3 Å². The predicted octanol–water partition coefficient (Wildman–Crippen LogP) is 3.71. The molecule has 0 atom stereocenters. The van der Waals surface area contributed by atoms with Gasteiger partial charge in [-0.25, -0.2) is 14.2 Å². The molecular weight excluding hydrogens is 378 g/mol. The number of carboxylic acids is 1. The molecule has 1 N–H and O–H groups in total. The maximum Gasteiger partial charge on any atom is 0.347 e. The molecule has 5 nitrogen and oxygen atoms in total. The first-order valence-electron chi connectivity index (χ1n) is 7.15. The molecule has 1 aromatic heterocycles. The summed E-state index contributed by atoms with van der Waals surface area (Å²) in [7, 11) is 0. The molecule has 24 heavy (non-hydrogen) atoms. The van der Waals surface area contributed by atoms with E-state index >= 15 is 0 Å². The van der Waals surface area contributed by atoms with Gasteiger partial charge in [0.15, 0.2) is 5.13 Å². The Bertz CT molecular complexity index is 778. The lowest BCUT2D eigenvalue weighted by atomic mass is 10.1. The van der Waals surface area contributed by atoms with Gasteiger partial charge in [0.25, 0.3) is 0 Å². The lowest BCUT2D eigenvalue weighted by Gasteiger charge is -2.26. The van der Waals surface area contributed by atoms with Crippen molar-refractivity contribution < 1.29 is 19.0 Å². The molecule has 9 heteroatoms. The first-order valence-corrected chi connectivity index (χ1v) is 8.72. The highest BCUT2D eigenvalue weighted by molar-refractivity contribution is 7.17. The highest BCUT2D eigenvalue weighted by Crippen LogP contribution is 2.31. The Kier molecular flexibility index (Phi) is 5.24. The van der Waals surface area contributed by atoms with Gasteiger partial charge in [0, 0.05) is 19.5 Å². The number of ether oxygens (including phenoxy) is 1. The largest absolute Gasteiger partial charge is 0.477 e. The van der Waals surface area contributed by atoms with Gasteiger partial charge < -0.3 is 14.7 Å². The van der Waals surface area contributed by atoms with E-state index in [0.29, 0.717) is 37.1 Å². The van der Waals surface area contributed by atoms with Crippen molar-refractivity contribution in [2.75, 3.05) is 31.2 Å². The molecule has 1 saturated heterocycles. The molecule has 0 amide bonds. The van der Waals surface area contributed by atoms with E-state index in [1.807, 2.05) is 4.90 Å². The molecule has 0 bridgehead atoms. The number of morpholine rings is 1. The number of nitrogens with zero attached hydrogens (tertiary/aromatic N) is 2. The number of halogens is 3. The Hall–Kier alpha value is -1.41. The van der Waals surface area contributed by atoms with Crippen molar-refractivity contribution in [3.8, 4) is 0 Å². The van der Waals surface area contributed by atoms with Crippen LogP contribution < -0.4 is 4.90 Å². The lowest BCUT2D eigenvalue weighted by molar-refractivity contribution is 0.0701. The molecule has 0 aliphatic carbocycles. The minimum absolute atomic E-state index is 0.0329. The molecular formula is C15H13Cl2FN2O3S. The van der Waals surface area contributed by atoms with Gasteiger partial charge in [-0.2, -0.15) is 0 Å². The molecule has 0 spiro atoms. The summed E-state index contributed by atoms with van der Waals surface area (Å²) in [5, 5.41) is 10.3. The molecule has 2 aromatic rings. The van der Waals surface area contributed by atoms with Crippen molar-refractivity contribution in [2.24, 2.45) is 0 Å². The summed E-state index contributed by atoms with van der Waals surface area (Å²) in [6.45, 7) is 2.43. The number of hydrogen-bond acceptors (Lipinski definition) is 5. The minimum Gasteiger partial charge on any atom is -0.477 e. The molecule has 0 saturated carbocycles. The molecule has 1 aromatic carbocycles. The standard InChI is InChI=1S/C15H13Cl2FN2O3S/c16-9-5-8(11(18)7-10(9)17)6-12-13(14(21)22)24-15(19-12)20-1-3-23-4-2-20/h5,7H,1-4,6H2,(H,21,22). The van der Waals surface area contributed by atoms with Gasteiger partial charge >= 0.3 is 5.97 Å². The second kappa shape index (κ2) is 7.23. The van der Waals surface area contributed by atoms with Crippen LogP contribution in [0.5, 0.6) is 0 Å². The molecule has 1 aliphatic heterocycles. The Balaban J connectivity index is 1.93. The summed E-state index contributed by atoms with van der Waals surface area (Å²) in [6.07, 6.45) is 0.0329. The maximum atomic E-state index is 14.1. The van der Waals surface area contributed by atoms with Crippen molar-refractivity contribution in [2.45, 2.75) is 6.42 Å². The number of aromatic carboxylic acids is 1. The van der Waals surface area contributed by atoms with Crippen LogP contribution in [-0.4, -0.2) is 42.4 Å². The van der Waals surface area contributed by atoms with Crippen LogP contribution >= 0.6 is 34.5 Å². The van der Waals surface area contributed by atoms with Gasteiger partial charge in [-0.15, -0.1) is 0 Å². The van der Waals surface area contributed by atoms with E-state index in [2.05, 4.69) is 4.98 Å². The van der Waals surface area contributed by atoms with Crippen molar-refractivity contribution >= 4 is 45.6 Å². The average molecular weight is 391 g/mol. The number of rotatable bonds is 4. The Morgan fingerprint density at radius 3 is 2.67 bits per heavy atom. The third-order valence-electron chi connectivity index (χ3n) is 3.61. The fourth-order valence-corrected chi connectivity index (χ4v) is 3.71. The lowest BCUT2D eigenvalue weighted by Crippen LogP contribution is -2.36. The molecule has 1 fully saturated rings. The topological polar surface area (TPSA) is 62.7 Å². The number of aromatic nitrogens is 1. The molecule has 1 aliphatic rings. The molecule has 0 radical (unpaired) electrons. The third-order valence-corrected chi connectivity index (χ3v) is 5.48. The SMILES string of the molecule is O=C(O)c1sc(N2CCOCC2)nc1Cc1cc(Cl)c(Cl)cc1F. The summed E-state index contributed by atoms with van der Waals surface area (Å²) in [4.78, 5) is 18.0. The summed E-state index contributed by atoms with van der Waals surface area (Å²) < 4.78 is 19.4. The Labute approximate surface area is 151 Å². The Morgan fingerprint density at radius 1 is 1.33 bits per heavy atom. The van der Waals surface area contributed by atoms with E-state index in [0.717, 1.165) is 17.4 Å². The van der Waals surface area contributed by atoms with Crippen molar-refractivity contribution in [3.05, 3.63) is 44.1 Å². The summed E-state index contributed by atoms with van der Waals surface area (Å²) >= 11 is 12.8. The van der Waals surface area contributed by atoms with Gasteiger partial charge in [-0.3, -0.25) is 0 Å². The molecule has 3 rings (SSSR count). The second-order valence-electron chi connectivity index (χ2n) is 5.21. The normalized spacial score (nSPS) is 14.9. The predicted molar refractivity (Wildman–Crippen MR) is 91.3 cm³/mol. The smallest absolute Gasteiger partial charge is 0.347 e. The summed E-state index contributed by atoms with van der Waals surface area (Å²) in [6, 6.07) is 2.52. The monoisotopic (exact) mass is 390 g/mol. The number of carbonyl (C=O) groups is 1. The first-order chi connectivity index (χ1) is 11.5. The maximum absolute atomic E-state index is 14.1. The van der Waals surface area contributed by atoms with Crippen LogP contribution in [0.4, 0.5) is 9.52 Å². The van der Waals surface area contributed by atoms with Gasteiger partial charge in [-0.1, -0.05) is 34.5 Å². The van der Waals surface area contributed by atoms with Crippen LogP contribution in [0.1, 0.15) is 20.9 Å². The number of hydrogen-bond donors (Lipinski definition) is 1. The van der Waals surface area contributed by atoms with E-state index < -0.39 is 11.8 Å². The van der Waals surface area contributed by atoms with Crippen LogP contribution in [0.2, 0.25) is 10.0 Å². The quantitative estimate of drug-likeness (QED) is 0.806. The highest BCUT2D eigenvalue weighted by atomic mass is 35.5. The van der Waals surface area contributed by atoms with E-state index in [-0.39, 0.29) is 26.9 Å². The van der Waals surface area contributed by atoms with E-state index in [4.69, 9.17) is 27.9 Å². The molecule has 0 unspecified atom stereocenters. The van der Waals surface area contributed by atoms with Crippen molar-refractivity contribution in [1.82, 2.24) is 4.98 Å². The van der Waals surface area contributed by atoms with E-state index in [1.54, 1.807) is 0 Å². The number of thiazole rings is 1.